The number of aliphatic hydroxyl groups excluding tert-OH is 2. The Morgan fingerprint density at radius 2 is 1.62 bits per heavy atom. The van der Waals surface area contributed by atoms with Gasteiger partial charge in [0.05, 0.1) is 17.8 Å². The molecule has 0 amide bonds. The topological polar surface area (TPSA) is 69.9 Å². The summed E-state index contributed by atoms with van der Waals surface area (Å²) in [6.07, 6.45) is 4.04. The van der Waals surface area contributed by atoms with Crippen molar-refractivity contribution in [1.29, 1.82) is 0 Å². The summed E-state index contributed by atoms with van der Waals surface area (Å²) in [5.41, 5.74) is -1.67. The van der Waals surface area contributed by atoms with E-state index in [1.165, 1.54) is 0 Å². The number of hydrogen-bond donors (Lipinski definition) is 3. The lowest BCUT2D eigenvalue weighted by Crippen LogP contribution is -2.54. The first-order valence-electron chi connectivity index (χ1n) is 9.62. The molecule has 4 heteroatoms. The highest BCUT2D eigenvalue weighted by molar-refractivity contribution is 5.14. The van der Waals surface area contributed by atoms with E-state index in [0.29, 0.717) is 24.7 Å². The summed E-state index contributed by atoms with van der Waals surface area (Å²) in [6, 6.07) is 0. The van der Waals surface area contributed by atoms with Gasteiger partial charge in [0.1, 0.15) is 0 Å². The molecule has 4 saturated carbocycles. The summed E-state index contributed by atoms with van der Waals surface area (Å²) in [5.74, 6) is 1.19. The van der Waals surface area contributed by atoms with E-state index >= 15 is 0 Å². The molecular formula is C20H36O4. The minimum atomic E-state index is -0.999. The number of aliphatic hydroxyl groups is 3. The largest absolute Gasteiger partial charge is 0.396 e. The van der Waals surface area contributed by atoms with E-state index in [2.05, 4.69) is 34.6 Å². The van der Waals surface area contributed by atoms with Crippen molar-refractivity contribution >= 4 is 0 Å². The third-order valence-electron chi connectivity index (χ3n) is 7.03. The van der Waals surface area contributed by atoms with E-state index in [-0.39, 0.29) is 17.9 Å². The van der Waals surface area contributed by atoms with Crippen molar-refractivity contribution < 1.29 is 20.1 Å². The van der Waals surface area contributed by atoms with Gasteiger partial charge < -0.3 is 20.1 Å². The summed E-state index contributed by atoms with van der Waals surface area (Å²) < 4.78 is 6.33. The minimum absolute atomic E-state index is 0.0138. The van der Waals surface area contributed by atoms with Crippen molar-refractivity contribution in [2.75, 3.05) is 6.61 Å². The molecule has 0 spiro atoms. The van der Waals surface area contributed by atoms with Crippen LogP contribution in [-0.2, 0) is 4.74 Å². The second kappa shape index (κ2) is 5.67. The highest BCUT2D eigenvalue weighted by atomic mass is 16.6. The molecule has 4 rings (SSSR count). The van der Waals surface area contributed by atoms with Gasteiger partial charge >= 0.3 is 0 Å². The standard InChI is InChI=1S/C20H36O4/c1-13(2)20(12-21,10-17(3,4)5)16(22)24-19-8-14-6-18(23,11-19)7-15(14)9-19/h13-16,21-23H,6-12H2,1-5H3. The van der Waals surface area contributed by atoms with Crippen LogP contribution in [0.1, 0.15) is 73.1 Å². The van der Waals surface area contributed by atoms with Crippen LogP contribution in [0.15, 0.2) is 0 Å². The molecule has 24 heavy (non-hydrogen) atoms. The molecule has 4 atom stereocenters. The fraction of sp³-hybridized carbons (Fsp3) is 1.00. The highest BCUT2D eigenvalue weighted by Crippen LogP contribution is 2.63. The van der Waals surface area contributed by atoms with Gasteiger partial charge in [0.25, 0.3) is 0 Å². The predicted molar refractivity (Wildman–Crippen MR) is 93.3 cm³/mol. The second-order valence-electron chi connectivity index (χ2n) is 10.7. The van der Waals surface area contributed by atoms with Crippen LogP contribution in [0.2, 0.25) is 0 Å². The molecule has 0 aromatic rings. The van der Waals surface area contributed by atoms with Gasteiger partial charge in [-0.3, -0.25) is 0 Å². The van der Waals surface area contributed by atoms with Crippen molar-refractivity contribution in [3.8, 4) is 0 Å². The Bertz CT molecular complexity index is 467. The quantitative estimate of drug-likeness (QED) is 0.650. The molecular weight excluding hydrogens is 304 g/mol. The Hall–Kier alpha value is -0.160. The van der Waals surface area contributed by atoms with Gasteiger partial charge in [0.2, 0.25) is 0 Å². The summed E-state index contributed by atoms with van der Waals surface area (Å²) in [7, 11) is 0. The van der Waals surface area contributed by atoms with Crippen LogP contribution in [0.25, 0.3) is 0 Å². The molecule has 140 valence electrons. The first-order valence-corrected chi connectivity index (χ1v) is 9.62. The van der Waals surface area contributed by atoms with Crippen LogP contribution in [0.3, 0.4) is 0 Å². The van der Waals surface area contributed by atoms with Crippen LogP contribution < -0.4 is 0 Å². The normalized spacial score (nSPS) is 41.9. The second-order valence-corrected chi connectivity index (χ2v) is 10.7. The molecule has 4 fully saturated rings. The number of rotatable bonds is 6. The Labute approximate surface area is 146 Å². The zero-order valence-electron chi connectivity index (χ0n) is 16.0. The van der Waals surface area contributed by atoms with Gasteiger partial charge in [-0.25, -0.2) is 0 Å². The van der Waals surface area contributed by atoms with Gasteiger partial charge in [-0.15, -0.1) is 0 Å². The Balaban J connectivity index is 1.80. The fourth-order valence-electron chi connectivity index (χ4n) is 6.17. The summed E-state index contributed by atoms with van der Waals surface area (Å²) in [4.78, 5) is 0. The first kappa shape index (κ1) is 18.6. The maximum Gasteiger partial charge on any atom is 0.163 e. The lowest BCUT2D eigenvalue weighted by Gasteiger charge is -2.49. The van der Waals surface area contributed by atoms with Crippen molar-refractivity contribution in [2.45, 2.75) is 90.6 Å². The fourth-order valence-corrected chi connectivity index (χ4v) is 6.17. The Kier molecular flexibility index (Phi) is 4.40. The van der Waals surface area contributed by atoms with Gasteiger partial charge in [-0.05, 0) is 55.3 Å². The van der Waals surface area contributed by atoms with E-state index in [1.807, 2.05) is 0 Å². The maximum atomic E-state index is 11.1. The molecule has 0 saturated heterocycles. The molecule has 0 aromatic carbocycles. The van der Waals surface area contributed by atoms with E-state index in [9.17, 15) is 15.3 Å². The molecule has 4 aliphatic carbocycles. The molecule has 4 bridgehead atoms. The average molecular weight is 341 g/mol. The summed E-state index contributed by atoms with van der Waals surface area (Å²) in [5, 5.41) is 32.0. The molecule has 0 radical (unpaired) electrons. The highest BCUT2D eigenvalue weighted by Gasteiger charge is 2.64. The minimum Gasteiger partial charge on any atom is -0.396 e. The van der Waals surface area contributed by atoms with Gasteiger partial charge in [0.15, 0.2) is 6.29 Å². The van der Waals surface area contributed by atoms with Gasteiger partial charge in [-0.2, -0.15) is 0 Å². The van der Waals surface area contributed by atoms with E-state index in [4.69, 9.17) is 4.74 Å². The first-order chi connectivity index (χ1) is 10.9. The van der Waals surface area contributed by atoms with Crippen LogP contribution in [0.5, 0.6) is 0 Å². The van der Waals surface area contributed by atoms with Gasteiger partial charge in [0, 0.05) is 11.8 Å². The van der Waals surface area contributed by atoms with Crippen molar-refractivity contribution in [1.82, 2.24) is 0 Å². The molecule has 4 unspecified atom stereocenters. The van der Waals surface area contributed by atoms with E-state index < -0.39 is 22.9 Å². The zero-order chi connectivity index (χ0) is 18.0. The van der Waals surface area contributed by atoms with Crippen molar-refractivity contribution in [2.24, 2.45) is 28.6 Å². The average Bonchev–Trinajstić information content (AvgIpc) is 2.77. The van der Waals surface area contributed by atoms with Crippen LogP contribution in [0, 0.1) is 28.6 Å². The maximum absolute atomic E-state index is 11.1. The molecule has 3 N–H and O–H groups in total. The lowest BCUT2D eigenvalue weighted by molar-refractivity contribution is -0.279. The number of hydrogen-bond acceptors (Lipinski definition) is 4. The van der Waals surface area contributed by atoms with Crippen LogP contribution in [-0.4, -0.2) is 39.4 Å². The van der Waals surface area contributed by atoms with E-state index in [0.717, 1.165) is 25.7 Å². The van der Waals surface area contributed by atoms with Crippen LogP contribution >= 0.6 is 0 Å². The molecule has 0 aliphatic heterocycles. The molecule has 4 nitrogen and oxygen atoms in total. The monoisotopic (exact) mass is 340 g/mol. The predicted octanol–water partition coefficient (Wildman–Crippen LogP) is 3.09. The number of ether oxygens (including phenoxy) is 1. The van der Waals surface area contributed by atoms with E-state index in [1.54, 1.807) is 0 Å². The molecule has 4 aliphatic rings. The SMILES string of the molecule is CC(C)C(CO)(CC(C)(C)C)C(O)OC12CC3CC(O)(CC3C1)C2. The molecule has 0 aromatic heterocycles. The third kappa shape index (κ3) is 3.04. The third-order valence-corrected chi connectivity index (χ3v) is 7.03. The van der Waals surface area contributed by atoms with Crippen LogP contribution in [0.4, 0.5) is 0 Å². The van der Waals surface area contributed by atoms with Crippen molar-refractivity contribution in [3.05, 3.63) is 0 Å². The smallest absolute Gasteiger partial charge is 0.163 e. The summed E-state index contributed by atoms with van der Waals surface area (Å²) in [6.45, 7) is 10.4. The Morgan fingerprint density at radius 3 is 2.00 bits per heavy atom. The van der Waals surface area contributed by atoms with Gasteiger partial charge in [-0.1, -0.05) is 34.6 Å². The Morgan fingerprint density at radius 1 is 1.08 bits per heavy atom. The summed E-state index contributed by atoms with van der Waals surface area (Å²) >= 11 is 0. The molecule has 0 heterocycles. The lowest BCUT2D eigenvalue weighted by atomic mass is 9.67. The zero-order valence-corrected chi connectivity index (χ0v) is 16.0. The van der Waals surface area contributed by atoms with Crippen molar-refractivity contribution in [3.63, 3.8) is 0 Å².